The standard InChI is InChI=1S/C26H20BrF3N4O4/c1-3-15(2)38-23-20(27)11-16(12-22(23)34(36)37)14-31-33-24(17-7-6-8-18(13-17)26(28,29)30)32-21-10-5-4-9-19(21)25(33)35/h4-15H,3H2,1-2H3/t15-/m1/s1. The molecule has 12 heteroatoms. The van der Waals surface area contributed by atoms with Gasteiger partial charge in [-0.25, -0.2) is 4.98 Å². The van der Waals surface area contributed by atoms with E-state index < -0.39 is 22.2 Å². The highest BCUT2D eigenvalue weighted by Gasteiger charge is 2.31. The molecule has 38 heavy (non-hydrogen) atoms. The van der Waals surface area contributed by atoms with E-state index in [1.165, 1.54) is 36.5 Å². The van der Waals surface area contributed by atoms with Crippen LogP contribution in [0.3, 0.4) is 0 Å². The van der Waals surface area contributed by atoms with Gasteiger partial charge in [0, 0.05) is 17.2 Å². The number of para-hydroxylation sites is 1. The number of hydrogen-bond donors (Lipinski definition) is 0. The van der Waals surface area contributed by atoms with Gasteiger partial charge in [0.05, 0.1) is 38.2 Å². The number of benzene rings is 3. The molecule has 0 aliphatic rings. The van der Waals surface area contributed by atoms with E-state index in [2.05, 4.69) is 26.0 Å². The maximum Gasteiger partial charge on any atom is 0.416 e. The number of hydrogen-bond acceptors (Lipinski definition) is 6. The highest BCUT2D eigenvalue weighted by Crippen LogP contribution is 2.37. The Balaban J connectivity index is 1.88. The van der Waals surface area contributed by atoms with Crippen LogP contribution in [-0.2, 0) is 6.18 Å². The van der Waals surface area contributed by atoms with E-state index in [1.807, 2.05) is 6.92 Å². The summed E-state index contributed by atoms with van der Waals surface area (Å²) in [5, 5.41) is 16.1. The summed E-state index contributed by atoms with van der Waals surface area (Å²) >= 11 is 3.30. The molecular weight excluding hydrogens is 569 g/mol. The van der Waals surface area contributed by atoms with Gasteiger partial charge in [0.25, 0.3) is 5.56 Å². The monoisotopic (exact) mass is 588 g/mol. The summed E-state index contributed by atoms with van der Waals surface area (Å²) in [7, 11) is 0. The third-order valence-electron chi connectivity index (χ3n) is 5.66. The Kier molecular flexibility index (Phi) is 7.63. The highest BCUT2D eigenvalue weighted by atomic mass is 79.9. The second-order valence-electron chi connectivity index (χ2n) is 8.34. The van der Waals surface area contributed by atoms with Gasteiger partial charge < -0.3 is 4.74 Å². The first kappa shape index (κ1) is 27.0. The van der Waals surface area contributed by atoms with Crippen molar-refractivity contribution in [2.24, 2.45) is 5.10 Å². The molecule has 0 saturated carbocycles. The molecule has 1 heterocycles. The minimum absolute atomic E-state index is 0.0179. The van der Waals surface area contributed by atoms with Crippen LogP contribution < -0.4 is 10.3 Å². The zero-order valence-electron chi connectivity index (χ0n) is 20.1. The molecule has 3 aromatic carbocycles. The van der Waals surface area contributed by atoms with Crippen molar-refractivity contribution in [1.82, 2.24) is 9.66 Å². The fourth-order valence-corrected chi connectivity index (χ4v) is 4.15. The molecule has 0 fully saturated rings. The van der Waals surface area contributed by atoms with Gasteiger partial charge in [-0.1, -0.05) is 31.2 Å². The topological polar surface area (TPSA) is 99.6 Å². The van der Waals surface area contributed by atoms with Gasteiger partial charge in [0.1, 0.15) is 0 Å². The van der Waals surface area contributed by atoms with Crippen molar-refractivity contribution < 1.29 is 22.8 Å². The lowest BCUT2D eigenvalue weighted by molar-refractivity contribution is -0.386. The lowest BCUT2D eigenvalue weighted by Crippen LogP contribution is -2.20. The highest BCUT2D eigenvalue weighted by molar-refractivity contribution is 9.10. The van der Waals surface area contributed by atoms with Crippen molar-refractivity contribution in [2.45, 2.75) is 32.5 Å². The number of fused-ring (bicyclic) bond motifs is 1. The molecule has 0 N–H and O–H groups in total. The molecular formula is C26H20BrF3N4O4. The van der Waals surface area contributed by atoms with Gasteiger partial charge in [0.15, 0.2) is 5.82 Å². The molecule has 0 spiro atoms. The quantitative estimate of drug-likeness (QED) is 0.134. The number of halogens is 4. The summed E-state index contributed by atoms with van der Waals surface area (Å²) in [4.78, 5) is 28.9. The maximum atomic E-state index is 13.4. The summed E-state index contributed by atoms with van der Waals surface area (Å²) < 4.78 is 47.0. The molecule has 0 unspecified atom stereocenters. The first-order valence-corrected chi connectivity index (χ1v) is 12.2. The Labute approximate surface area is 222 Å². The van der Waals surface area contributed by atoms with Gasteiger partial charge in [-0.05, 0) is 59.6 Å². The fourth-order valence-electron chi connectivity index (χ4n) is 3.59. The van der Waals surface area contributed by atoms with Crippen LogP contribution in [0.4, 0.5) is 18.9 Å². The Hall–Kier alpha value is -4.06. The van der Waals surface area contributed by atoms with E-state index in [1.54, 1.807) is 25.1 Å². The van der Waals surface area contributed by atoms with Crippen molar-refractivity contribution in [3.05, 3.63) is 96.7 Å². The van der Waals surface area contributed by atoms with Crippen LogP contribution >= 0.6 is 15.9 Å². The average molecular weight is 589 g/mol. The number of nitrogens with zero attached hydrogens (tertiary/aromatic N) is 4. The van der Waals surface area contributed by atoms with E-state index >= 15 is 0 Å². The minimum Gasteiger partial charge on any atom is -0.483 e. The molecule has 8 nitrogen and oxygen atoms in total. The second kappa shape index (κ2) is 10.7. The zero-order chi connectivity index (χ0) is 27.6. The Morgan fingerprint density at radius 3 is 2.61 bits per heavy atom. The maximum absolute atomic E-state index is 13.4. The fraction of sp³-hybridized carbons (Fsp3) is 0.192. The lowest BCUT2D eigenvalue weighted by atomic mass is 10.1. The van der Waals surface area contributed by atoms with Gasteiger partial charge in [-0.3, -0.25) is 14.9 Å². The Morgan fingerprint density at radius 1 is 1.18 bits per heavy atom. The molecule has 4 rings (SSSR count). The summed E-state index contributed by atoms with van der Waals surface area (Å²) in [5.41, 5.74) is -1.31. The molecule has 1 aromatic heterocycles. The number of rotatable bonds is 7. The lowest BCUT2D eigenvalue weighted by Gasteiger charge is -2.14. The first-order valence-electron chi connectivity index (χ1n) is 11.4. The molecule has 0 bridgehead atoms. The summed E-state index contributed by atoms with van der Waals surface area (Å²) in [6.45, 7) is 3.66. The van der Waals surface area contributed by atoms with Crippen LogP contribution in [0, 0.1) is 10.1 Å². The molecule has 196 valence electrons. The number of alkyl halides is 3. The number of nitro benzene ring substituents is 1. The van der Waals surface area contributed by atoms with Crippen molar-refractivity contribution >= 4 is 38.7 Å². The van der Waals surface area contributed by atoms with Gasteiger partial charge in [0.2, 0.25) is 5.75 Å². The number of ether oxygens (including phenoxy) is 1. The van der Waals surface area contributed by atoms with E-state index in [9.17, 15) is 28.1 Å². The molecule has 0 amide bonds. The smallest absolute Gasteiger partial charge is 0.416 e. The van der Waals surface area contributed by atoms with Crippen LogP contribution in [-0.4, -0.2) is 26.9 Å². The second-order valence-corrected chi connectivity index (χ2v) is 9.19. The predicted octanol–water partition coefficient (Wildman–Crippen LogP) is 6.81. The molecule has 1 atom stereocenters. The molecule has 4 aromatic rings. The van der Waals surface area contributed by atoms with Crippen molar-refractivity contribution in [3.8, 4) is 17.1 Å². The molecule has 0 radical (unpaired) electrons. The van der Waals surface area contributed by atoms with E-state index in [0.717, 1.165) is 16.8 Å². The number of aromatic nitrogens is 2. The van der Waals surface area contributed by atoms with Gasteiger partial charge >= 0.3 is 11.9 Å². The van der Waals surface area contributed by atoms with Crippen LogP contribution in [0.5, 0.6) is 5.75 Å². The molecule has 0 saturated heterocycles. The summed E-state index contributed by atoms with van der Waals surface area (Å²) in [5.74, 6) is -0.0722. The molecule has 0 aliphatic heterocycles. The van der Waals surface area contributed by atoms with Crippen LogP contribution in [0.1, 0.15) is 31.4 Å². The Bertz CT molecular complexity index is 1620. The third kappa shape index (κ3) is 5.59. The molecule has 0 aliphatic carbocycles. The normalized spacial score (nSPS) is 12.7. The number of nitro groups is 1. The van der Waals surface area contributed by atoms with Crippen LogP contribution in [0.15, 0.2) is 75.0 Å². The van der Waals surface area contributed by atoms with Crippen molar-refractivity contribution in [3.63, 3.8) is 0 Å². The van der Waals surface area contributed by atoms with E-state index in [-0.39, 0.29) is 45.4 Å². The SMILES string of the molecule is CC[C@@H](C)Oc1c(Br)cc(C=Nn2c(-c3cccc(C(F)(F)F)c3)nc3ccccc3c2=O)cc1[N+](=O)[O-]. The van der Waals surface area contributed by atoms with E-state index in [0.29, 0.717) is 10.9 Å². The summed E-state index contributed by atoms with van der Waals surface area (Å²) in [6, 6.07) is 13.5. The van der Waals surface area contributed by atoms with Gasteiger partial charge in [-0.2, -0.15) is 22.9 Å². The van der Waals surface area contributed by atoms with Crippen LogP contribution in [0.25, 0.3) is 22.3 Å². The third-order valence-corrected chi connectivity index (χ3v) is 6.25. The average Bonchev–Trinajstić information content (AvgIpc) is 2.88. The van der Waals surface area contributed by atoms with Gasteiger partial charge in [-0.15, -0.1) is 0 Å². The van der Waals surface area contributed by atoms with E-state index in [4.69, 9.17) is 4.74 Å². The van der Waals surface area contributed by atoms with Crippen LogP contribution in [0.2, 0.25) is 0 Å². The predicted molar refractivity (Wildman–Crippen MR) is 141 cm³/mol. The Morgan fingerprint density at radius 2 is 1.92 bits per heavy atom. The zero-order valence-corrected chi connectivity index (χ0v) is 21.7. The van der Waals surface area contributed by atoms with Crippen molar-refractivity contribution in [1.29, 1.82) is 0 Å². The minimum atomic E-state index is -4.61. The first-order chi connectivity index (χ1) is 18.0. The van der Waals surface area contributed by atoms with Crippen molar-refractivity contribution in [2.75, 3.05) is 0 Å². The largest absolute Gasteiger partial charge is 0.483 e. The summed E-state index contributed by atoms with van der Waals surface area (Å²) in [6.07, 6.45) is -3.06.